The van der Waals surface area contributed by atoms with Crippen molar-refractivity contribution < 1.29 is 21.6 Å². The van der Waals surface area contributed by atoms with E-state index in [1.807, 2.05) is 0 Å². The van der Waals surface area contributed by atoms with Gasteiger partial charge in [-0.2, -0.15) is 0 Å². The largest absolute Gasteiger partial charge is 0.264 e. The molecule has 0 aliphatic rings. The Bertz CT molecular complexity index is 1030. The molecule has 0 N–H and O–H groups in total. The first-order valence-corrected chi connectivity index (χ1v) is 9.06. The van der Waals surface area contributed by atoms with Crippen molar-refractivity contribution in [2.75, 3.05) is 6.26 Å². The molecule has 0 saturated carbocycles. The van der Waals surface area contributed by atoms with Crippen LogP contribution in [0.3, 0.4) is 0 Å². The van der Waals surface area contributed by atoms with Crippen LogP contribution in [0, 0.1) is 17.5 Å². The Morgan fingerprint density at radius 3 is 2.00 bits per heavy atom. The molecule has 0 fully saturated rings. The van der Waals surface area contributed by atoms with E-state index < -0.39 is 32.2 Å². The van der Waals surface area contributed by atoms with Gasteiger partial charge >= 0.3 is 0 Å². The van der Waals surface area contributed by atoms with Crippen molar-refractivity contribution in [3.05, 3.63) is 72.3 Å². The number of sulfone groups is 1. The van der Waals surface area contributed by atoms with Gasteiger partial charge in [0.1, 0.15) is 22.3 Å². The molecule has 0 aliphatic heterocycles. The van der Waals surface area contributed by atoms with Gasteiger partial charge in [0.25, 0.3) is 0 Å². The van der Waals surface area contributed by atoms with Gasteiger partial charge in [0.05, 0.1) is 0 Å². The summed E-state index contributed by atoms with van der Waals surface area (Å²) in [4.78, 5) is 2.99. The monoisotopic (exact) mass is 363 g/mol. The molecule has 1 heterocycles. The quantitative estimate of drug-likeness (QED) is 0.699. The van der Waals surface area contributed by atoms with Crippen molar-refractivity contribution in [2.45, 2.75) is 4.90 Å². The van der Waals surface area contributed by atoms with E-state index in [1.165, 1.54) is 36.7 Å². The summed E-state index contributed by atoms with van der Waals surface area (Å²) in [6, 6.07) is 9.13. The van der Waals surface area contributed by atoms with Crippen molar-refractivity contribution >= 4 is 9.84 Å². The van der Waals surface area contributed by atoms with Crippen LogP contribution in [0.2, 0.25) is 0 Å². The van der Waals surface area contributed by atoms with Gasteiger partial charge < -0.3 is 0 Å². The molecule has 3 rings (SSSR count). The molecule has 0 aliphatic carbocycles. The number of nitrogens with zero attached hydrogens (tertiary/aromatic N) is 1. The van der Waals surface area contributed by atoms with Crippen molar-refractivity contribution in [3.8, 4) is 22.3 Å². The van der Waals surface area contributed by atoms with E-state index in [9.17, 15) is 21.6 Å². The van der Waals surface area contributed by atoms with Gasteiger partial charge in [-0.05, 0) is 47.0 Å². The molecule has 3 nitrogen and oxygen atoms in total. The zero-order valence-electron chi connectivity index (χ0n) is 13.0. The molecule has 0 spiro atoms. The molecule has 2 aromatic carbocycles. The lowest BCUT2D eigenvalue weighted by Gasteiger charge is -2.11. The van der Waals surface area contributed by atoms with E-state index in [1.54, 1.807) is 6.07 Å². The normalized spacial score (nSPS) is 11.5. The van der Waals surface area contributed by atoms with Crippen LogP contribution in [0.15, 0.2) is 59.8 Å². The molecule has 3 aromatic rings. The molecule has 128 valence electrons. The maximum absolute atomic E-state index is 14.2. The van der Waals surface area contributed by atoms with Crippen LogP contribution in [0.4, 0.5) is 13.2 Å². The third-order valence-electron chi connectivity index (χ3n) is 3.66. The molecule has 0 saturated heterocycles. The zero-order valence-corrected chi connectivity index (χ0v) is 13.8. The third-order valence-corrected chi connectivity index (χ3v) is 4.79. The highest BCUT2D eigenvalue weighted by molar-refractivity contribution is 7.90. The minimum Gasteiger partial charge on any atom is -0.264 e. The van der Waals surface area contributed by atoms with Crippen LogP contribution in [-0.2, 0) is 9.84 Å². The van der Waals surface area contributed by atoms with Crippen molar-refractivity contribution in [1.29, 1.82) is 0 Å². The number of rotatable bonds is 3. The number of benzene rings is 2. The van der Waals surface area contributed by atoms with Gasteiger partial charge in [-0.1, -0.05) is 12.1 Å². The number of aromatic nitrogens is 1. The van der Waals surface area contributed by atoms with Gasteiger partial charge in [0.15, 0.2) is 9.84 Å². The molecule has 0 atom stereocenters. The predicted octanol–water partition coefficient (Wildman–Crippen LogP) is 4.24. The molecule has 7 heteroatoms. The molecule has 1 aromatic heterocycles. The fraction of sp³-hybridized carbons (Fsp3) is 0.0556. The van der Waals surface area contributed by atoms with Gasteiger partial charge in [-0.25, -0.2) is 21.6 Å². The molecule has 25 heavy (non-hydrogen) atoms. The lowest BCUT2D eigenvalue weighted by atomic mass is 9.96. The average molecular weight is 363 g/mol. The van der Waals surface area contributed by atoms with Crippen molar-refractivity contribution in [1.82, 2.24) is 4.98 Å². The Hall–Kier alpha value is -2.67. The number of hydrogen-bond donors (Lipinski definition) is 0. The van der Waals surface area contributed by atoms with Gasteiger partial charge in [0, 0.05) is 24.2 Å². The molecule has 0 bridgehead atoms. The van der Waals surface area contributed by atoms with E-state index in [-0.39, 0.29) is 5.56 Å². The van der Waals surface area contributed by atoms with E-state index >= 15 is 0 Å². The fourth-order valence-electron chi connectivity index (χ4n) is 2.58. The Morgan fingerprint density at radius 2 is 1.44 bits per heavy atom. The second-order valence-electron chi connectivity index (χ2n) is 5.47. The standard InChI is InChI=1S/C18H12F3NO2S/c1-25(23,24)18-16(20)8-12(9-17(18)21)15-10-22-7-6-14(15)11-2-4-13(19)5-3-11/h2-10H,1H3. The highest BCUT2D eigenvalue weighted by Crippen LogP contribution is 2.33. The summed E-state index contributed by atoms with van der Waals surface area (Å²) in [5.41, 5.74) is 1.74. The summed E-state index contributed by atoms with van der Waals surface area (Å²) in [7, 11) is -4.04. The minimum atomic E-state index is -4.04. The third kappa shape index (κ3) is 3.41. The van der Waals surface area contributed by atoms with Gasteiger partial charge in [0.2, 0.25) is 0 Å². The second-order valence-corrected chi connectivity index (χ2v) is 7.42. The summed E-state index contributed by atoms with van der Waals surface area (Å²) >= 11 is 0. The van der Waals surface area contributed by atoms with E-state index in [2.05, 4.69) is 4.98 Å². The van der Waals surface area contributed by atoms with Crippen molar-refractivity contribution in [2.24, 2.45) is 0 Å². The SMILES string of the molecule is CS(=O)(=O)c1c(F)cc(-c2cnccc2-c2ccc(F)cc2)cc1F. The summed E-state index contributed by atoms with van der Waals surface area (Å²) in [6.45, 7) is 0. The van der Waals surface area contributed by atoms with Crippen LogP contribution in [0.25, 0.3) is 22.3 Å². The predicted molar refractivity (Wildman–Crippen MR) is 88.1 cm³/mol. The Kier molecular flexibility index (Phi) is 4.34. The smallest absolute Gasteiger partial charge is 0.181 e. The minimum absolute atomic E-state index is 0.134. The average Bonchev–Trinajstić information content (AvgIpc) is 2.53. The van der Waals surface area contributed by atoms with Gasteiger partial charge in [-0.3, -0.25) is 4.98 Å². The molecule has 0 unspecified atom stereocenters. The Labute approximate surface area is 142 Å². The summed E-state index contributed by atoms with van der Waals surface area (Å²) < 4.78 is 64.5. The van der Waals surface area contributed by atoms with Crippen molar-refractivity contribution in [3.63, 3.8) is 0 Å². The number of pyridine rings is 1. The number of hydrogen-bond acceptors (Lipinski definition) is 3. The summed E-state index contributed by atoms with van der Waals surface area (Å²) in [5, 5.41) is 0. The topological polar surface area (TPSA) is 47.0 Å². The summed E-state index contributed by atoms with van der Waals surface area (Å²) in [5.74, 6) is -2.76. The van der Waals surface area contributed by atoms with Crippen LogP contribution in [0.1, 0.15) is 0 Å². The first-order chi connectivity index (χ1) is 11.8. The van der Waals surface area contributed by atoms with E-state index in [0.29, 0.717) is 16.7 Å². The van der Waals surface area contributed by atoms with Gasteiger partial charge in [-0.15, -0.1) is 0 Å². The molecule has 0 radical (unpaired) electrons. The lowest BCUT2D eigenvalue weighted by molar-refractivity contribution is 0.522. The highest BCUT2D eigenvalue weighted by Gasteiger charge is 2.21. The molecular formula is C18H12F3NO2S. The zero-order chi connectivity index (χ0) is 18.2. The van der Waals surface area contributed by atoms with Crippen LogP contribution < -0.4 is 0 Å². The summed E-state index contributed by atoms with van der Waals surface area (Å²) in [6.07, 6.45) is 3.65. The Balaban J connectivity index is 2.20. The first-order valence-electron chi connectivity index (χ1n) is 7.17. The highest BCUT2D eigenvalue weighted by atomic mass is 32.2. The maximum atomic E-state index is 14.2. The first kappa shape index (κ1) is 17.2. The Morgan fingerprint density at radius 1 is 0.840 bits per heavy atom. The van der Waals surface area contributed by atoms with E-state index in [0.717, 1.165) is 18.4 Å². The van der Waals surface area contributed by atoms with Crippen LogP contribution in [-0.4, -0.2) is 19.7 Å². The maximum Gasteiger partial charge on any atom is 0.181 e. The number of halogens is 3. The second kappa shape index (κ2) is 6.33. The van der Waals surface area contributed by atoms with Crippen LogP contribution in [0.5, 0.6) is 0 Å². The fourth-order valence-corrected chi connectivity index (χ4v) is 3.40. The van der Waals surface area contributed by atoms with Crippen LogP contribution >= 0.6 is 0 Å². The van der Waals surface area contributed by atoms with E-state index in [4.69, 9.17) is 0 Å². The molecular weight excluding hydrogens is 351 g/mol. The lowest BCUT2D eigenvalue weighted by Crippen LogP contribution is -2.05. The molecule has 0 amide bonds.